The molecule has 6 nitrogen and oxygen atoms in total. The minimum atomic E-state index is -3.37. The van der Waals surface area contributed by atoms with Gasteiger partial charge in [-0.05, 0) is 25.0 Å². The summed E-state index contributed by atoms with van der Waals surface area (Å²) in [6.45, 7) is 0.406. The van der Waals surface area contributed by atoms with Crippen LogP contribution in [0.3, 0.4) is 0 Å². The summed E-state index contributed by atoms with van der Waals surface area (Å²) in [6, 6.07) is 7.05. The lowest BCUT2D eigenvalue weighted by Crippen LogP contribution is -2.46. The van der Waals surface area contributed by atoms with E-state index in [2.05, 4.69) is 4.98 Å². The van der Waals surface area contributed by atoms with Crippen molar-refractivity contribution in [3.8, 4) is 0 Å². The fourth-order valence-electron chi connectivity index (χ4n) is 2.71. The molecule has 2 aromatic rings. The van der Waals surface area contributed by atoms with Crippen LogP contribution in [-0.2, 0) is 14.8 Å². The molecule has 8 heteroatoms. The number of hydrogen-bond acceptors (Lipinski definition) is 5. The molecule has 0 spiro atoms. The number of carbonyl (C=O) groups excluding carboxylic acids is 1. The van der Waals surface area contributed by atoms with Crippen LogP contribution < -0.4 is 4.90 Å². The van der Waals surface area contributed by atoms with E-state index in [9.17, 15) is 13.2 Å². The Hall–Kier alpha value is -1.51. The van der Waals surface area contributed by atoms with Crippen molar-refractivity contribution in [2.45, 2.75) is 18.9 Å². The van der Waals surface area contributed by atoms with Crippen molar-refractivity contribution in [1.29, 1.82) is 0 Å². The average molecular weight is 339 g/mol. The van der Waals surface area contributed by atoms with Crippen molar-refractivity contribution in [3.63, 3.8) is 0 Å². The number of benzene rings is 1. The number of aromatic nitrogens is 1. The van der Waals surface area contributed by atoms with Crippen LogP contribution in [0, 0.1) is 0 Å². The van der Waals surface area contributed by atoms with Gasteiger partial charge >= 0.3 is 0 Å². The number of sulfonamides is 1. The third kappa shape index (κ3) is 2.73. The van der Waals surface area contributed by atoms with Crippen molar-refractivity contribution in [3.05, 3.63) is 24.3 Å². The number of anilines is 1. The van der Waals surface area contributed by atoms with E-state index in [4.69, 9.17) is 0 Å². The van der Waals surface area contributed by atoms with Gasteiger partial charge in [0.1, 0.15) is 6.04 Å². The molecule has 2 heterocycles. The Balaban J connectivity index is 1.88. The lowest BCUT2D eigenvalue weighted by atomic mass is 10.2. The van der Waals surface area contributed by atoms with Crippen LogP contribution in [0.4, 0.5) is 5.13 Å². The first-order valence-electron chi connectivity index (χ1n) is 6.98. The zero-order valence-electron chi connectivity index (χ0n) is 12.4. The summed E-state index contributed by atoms with van der Waals surface area (Å²) in [5, 5.41) is 0.589. The van der Waals surface area contributed by atoms with Gasteiger partial charge in [0.15, 0.2) is 5.13 Å². The maximum atomic E-state index is 12.7. The van der Waals surface area contributed by atoms with Crippen molar-refractivity contribution in [2.24, 2.45) is 0 Å². The van der Waals surface area contributed by atoms with Gasteiger partial charge < -0.3 is 0 Å². The quantitative estimate of drug-likeness (QED) is 0.853. The fraction of sp³-hybridized carbons (Fsp3) is 0.429. The number of fused-ring (bicyclic) bond motifs is 1. The lowest BCUT2D eigenvalue weighted by Gasteiger charge is -2.24. The highest BCUT2D eigenvalue weighted by Crippen LogP contribution is 2.30. The maximum Gasteiger partial charge on any atom is 0.246 e. The Bertz CT molecular complexity index is 783. The Morgan fingerprint density at radius 1 is 1.41 bits per heavy atom. The third-order valence-corrected chi connectivity index (χ3v) is 6.22. The molecule has 0 aliphatic carbocycles. The largest absolute Gasteiger partial charge is 0.290 e. The second kappa shape index (κ2) is 5.60. The summed E-state index contributed by atoms with van der Waals surface area (Å²) in [5.41, 5.74) is 0.841. The first kappa shape index (κ1) is 15.4. The molecule has 1 amide bonds. The summed E-state index contributed by atoms with van der Waals surface area (Å²) < 4.78 is 25.9. The molecule has 0 saturated carbocycles. The molecule has 1 saturated heterocycles. The van der Waals surface area contributed by atoms with Gasteiger partial charge in [0.05, 0.1) is 16.5 Å². The number of amides is 1. The highest BCUT2D eigenvalue weighted by molar-refractivity contribution is 7.88. The number of thiazole rings is 1. The molecule has 22 heavy (non-hydrogen) atoms. The molecular weight excluding hydrogens is 322 g/mol. The first-order chi connectivity index (χ1) is 10.4. The standard InChI is InChI=1S/C14H17N3O3S2/c1-16(14-15-10-6-3-4-8-12(10)21-14)13(18)11-7-5-9-17(11)22(2,19)20/h3-4,6,8,11H,5,7,9H2,1-2H3. The monoisotopic (exact) mass is 339 g/mol. The summed E-state index contributed by atoms with van der Waals surface area (Å²) in [5.74, 6) is -0.220. The van der Waals surface area contributed by atoms with E-state index >= 15 is 0 Å². The highest BCUT2D eigenvalue weighted by atomic mass is 32.2. The lowest BCUT2D eigenvalue weighted by molar-refractivity contribution is -0.121. The fourth-order valence-corrected chi connectivity index (χ4v) is 4.76. The van der Waals surface area contributed by atoms with Crippen LogP contribution in [0.2, 0.25) is 0 Å². The van der Waals surface area contributed by atoms with Gasteiger partial charge in [-0.15, -0.1) is 0 Å². The van der Waals surface area contributed by atoms with Gasteiger partial charge in [0.25, 0.3) is 0 Å². The Morgan fingerprint density at radius 3 is 2.82 bits per heavy atom. The predicted octanol–water partition coefficient (Wildman–Crippen LogP) is 1.68. The van der Waals surface area contributed by atoms with Crippen molar-refractivity contribution in [1.82, 2.24) is 9.29 Å². The molecule has 0 radical (unpaired) electrons. The van der Waals surface area contributed by atoms with Crippen LogP contribution in [-0.4, -0.2) is 49.5 Å². The van der Waals surface area contributed by atoms with Crippen LogP contribution in [0.5, 0.6) is 0 Å². The molecule has 3 rings (SSSR count). The summed E-state index contributed by atoms with van der Waals surface area (Å²) in [6.07, 6.45) is 2.41. The average Bonchev–Trinajstić information content (AvgIpc) is 3.11. The third-order valence-electron chi connectivity index (χ3n) is 3.81. The molecular formula is C14H17N3O3S2. The van der Waals surface area contributed by atoms with E-state index < -0.39 is 16.1 Å². The van der Waals surface area contributed by atoms with Crippen LogP contribution in [0.15, 0.2) is 24.3 Å². The van der Waals surface area contributed by atoms with E-state index in [0.29, 0.717) is 24.5 Å². The number of carbonyl (C=O) groups is 1. The minimum Gasteiger partial charge on any atom is -0.290 e. The second-order valence-electron chi connectivity index (χ2n) is 5.39. The number of likely N-dealkylation sites (N-methyl/N-ethyl adjacent to an activating group) is 1. The van der Waals surface area contributed by atoms with Crippen LogP contribution >= 0.6 is 11.3 Å². The van der Waals surface area contributed by atoms with Crippen molar-refractivity contribution in [2.75, 3.05) is 24.7 Å². The van der Waals surface area contributed by atoms with Crippen molar-refractivity contribution < 1.29 is 13.2 Å². The zero-order chi connectivity index (χ0) is 15.9. The molecule has 1 fully saturated rings. The Kier molecular flexibility index (Phi) is 3.92. The molecule has 1 aliphatic heterocycles. The molecule has 1 aliphatic rings. The topological polar surface area (TPSA) is 70.6 Å². The number of para-hydroxylation sites is 1. The molecule has 118 valence electrons. The Labute approximate surface area is 133 Å². The number of hydrogen-bond donors (Lipinski definition) is 0. The zero-order valence-corrected chi connectivity index (χ0v) is 14.0. The van der Waals surface area contributed by atoms with Gasteiger partial charge in [0, 0.05) is 13.6 Å². The van der Waals surface area contributed by atoms with E-state index in [1.807, 2.05) is 24.3 Å². The van der Waals surface area contributed by atoms with E-state index in [1.54, 1.807) is 7.05 Å². The summed E-state index contributed by atoms with van der Waals surface area (Å²) in [4.78, 5) is 18.6. The molecule has 0 bridgehead atoms. The van der Waals surface area contributed by atoms with E-state index in [1.165, 1.54) is 20.5 Å². The number of nitrogens with zero attached hydrogens (tertiary/aromatic N) is 3. The van der Waals surface area contributed by atoms with Crippen LogP contribution in [0.1, 0.15) is 12.8 Å². The molecule has 1 atom stereocenters. The molecule has 1 aromatic heterocycles. The van der Waals surface area contributed by atoms with Crippen molar-refractivity contribution >= 4 is 42.6 Å². The summed E-state index contributed by atoms with van der Waals surface area (Å²) in [7, 11) is -1.72. The predicted molar refractivity (Wildman–Crippen MR) is 87.6 cm³/mol. The highest BCUT2D eigenvalue weighted by Gasteiger charge is 2.38. The number of rotatable bonds is 3. The normalized spacial score (nSPS) is 19.6. The second-order valence-corrected chi connectivity index (χ2v) is 8.34. The Morgan fingerprint density at radius 2 is 2.14 bits per heavy atom. The molecule has 0 N–H and O–H groups in total. The van der Waals surface area contributed by atoms with Crippen LogP contribution in [0.25, 0.3) is 10.2 Å². The first-order valence-corrected chi connectivity index (χ1v) is 9.64. The molecule has 1 aromatic carbocycles. The minimum absolute atomic E-state index is 0.220. The molecule has 1 unspecified atom stereocenters. The van der Waals surface area contributed by atoms with Gasteiger partial charge in [-0.25, -0.2) is 13.4 Å². The maximum absolute atomic E-state index is 12.7. The van der Waals surface area contributed by atoms with E-state index in [0.717, 1.165) is 16.5 Å². The van der Waals surface area contributed by atoms with Gasteiger partial charge in [0.2, 0.25) is 15.9 Å². The van der Waals surface area contributed by atoms with E-state index in [-0.39, 0.29) is 5.91 Å². The van der Waals surface area contributed by atoms with Gasteiger partial charge in [-0.3, -0.25) is 9.69 Å². The summed E-state index contributed by atoms with van der Waals surface area (Å²) >= 11 is 1.43. The SMILES string of the molecule is CN(C(=O)C1CCCN1S(C)(=O)=O)c1nc2ccccc2s1. The van der Waals surface area contributed by atoms with Gasteiger partial charge in [-0.2, -0.15) is 4.31 Å². The van der Waals surface area contributed by atoms with Gasteiger partial charge in [-0.1, -0.05) is 23.5 Å². The smallest absolute Gasteiger partial charge is 0.246 e.